The molecule has 2 amide bonds. The Morgan fingerprint density at radius 3 is 2.65 bits per heavy atom. The van der Waals surface area contributed by atoms with E-state index in [1.54, 1.807) is 12.1 Å². The second-order valence-corrected chi connectivity index (χ2v) is 6.29. The molecule has 0 bridgehead atoms. The van der Waals surface area contributed by atoms with Gasteiger partial charge in [-0.2, -0.15) is 0 Å². The maximum absolute atomic E-state index is 11.9. The summed E-state index contributed by atoms with van der Waals surface area (Å²) in [5.74, 6) is -1.08. The van der Waals surface area contributed by atoms with Crippen molar-refractivity contribution in [3.05, 3.63) is 28.2 Å². The lowest BCUT2D eigenvalue weighted by Gasteiger charge is -2.38. The van der Waals surface area contributed by atoms with Crippen LogP contribution in [0.25, 0.3) is 0 Å². The van der Waals surface area contributed by atoms with Gasteiger partial charge in [0.1, 0.15) is 0 Å². The van der Waals surface area contributed by atoms with Gasteiger partial charge in [-0.15, -0.1) is 0 Å². The number of aromatic carboxylic acids is 1. The zero-order valence-corrected chi connectivity index (χ0v) is 12.8. The quantitative estimate of drug-likeness (QED) is 0.785. The van der Waals surface area contributed by atoms with Gasteiger partial charge in [-0.25, -0.2) is 9.59 Å². The van der Waals surface area contributed by atoms with Crippen LogP contribution in [0.4, 0.5) is 10.5 Å². The van der Waals surface area contributed by atoms with Crippen LogP contribution in [0.2, 0.25) is 0 Å². The molecule has 1 aromatic rings. The lowest BCUT2D eigenvalue weighted by Crippen LogP contribution is -2.41. The molecule has 3 N–H and O–H groups in total. The molecule has 6 heteroatoms. The van der Waals surface area contributed by atoms with Crippen LogP contribution >= 0.6 is 15.9 Å². The first-order valence-corrected chi connectivity index (χ1v) is 7.27. The van der Waals surface area contributed by atoms with Crippen molar-refractivity contribution in [3.8, 4) is 0 Å². The van der Waals surface area contributed by atoms with Gasteiger partial charge in [0.25, 0.3) is 0 Å². The number of carbonyl (C=O) groups excluding carboxylic acids is 1. The van der Waals surface area contributed by atoms with E-state index >= 15 is 0 Å². The van der Waals surface area contributed by atoms with Crippen LogP contribution in [0.1, 0.15) is 36.5 Å². The third kappa shape index (κ3) is 3.30. The fraction of sp³-hybridized carbons (Fsp3) is 0.429. The standard InChI is InChI=1S/C14H17BrN2O3/c1-14(6-3-7-14)8-16-13(20)17-11-9(12(18)19)4-2-5-10(11)15/h2,4-5H,3,6-8H2,1H3,(H,18,19)(H2,16,17,20). The van der Waals surface area contributed by atoms with Crippen LogP contribution < -0.4 is 10.6 Å². The molecular formula is C14H17BrN2O3. The minimum Gasteiger partial charge on any atom is -0.478 e. The Morgan fingerprint density at radius 2 is 2.10 bits per heavy atom. The number of rotatable bonds is 4. The number of benzene rings is 1. The Morgan fingerprint density at radius 1 is 1.40 bits per heavy atom. The molecule has 1 aliphatic rings. The first kappa shape index (κ1) is 14.8. The number of amides is 2. The zero-order chi connectivity index (χ0) is 14.8. The Labute approximate surface area is 125 Å². The van der Waals surface area contributed by atoms with Crippen molar-refractivity contribution in [1.82, 2.24) is 5.32 Å². The summed E-state index contributed by atoms with van der Waals surface area (Å²) in [4.78, 5) is 23.0. The van der Waals surface area contributed by atoms with E-state index in [0.29, 0.717) is 11.0 Å². The first-order chi connectivity index (χ1) is 9.41. The second-order valence-electron chi connectivity index (χ2n) is 5.44. The van der Waals surface area contributed by atoms with E-state index in [1.165, 1.54) is 12.5 Å². The van der Waals surface area contributed by atoms with Gasteiger partial charge in [-0.3, -0.25) is 0 Å². The molecule has 0 atom stereocenters. The molecule has 0 saturated heterocycles. The van der Waals surface area contributed by atoms with Crippen LogP contribution in [0, 0.1) is 5.41 Å². The molecule has 108 valence electrons. The summed E-state index contributed by atoms with van der Waals surface area (Å²) in [7, 11) is 0. The zero-order valence-electron chi connectivity index (χ0n) is 11.2. The van der Waals surface area contributed by atoms with Crippen molar-refractivity contribution in [2.45, 2.75) is 26.2 Å². The topological polar surface area (TPSA) is 78.4 Å². The van der Waals surface area contributed by atoms with Gasteiger partial charge in [-0.05, 0) is 46.3 Å². The van der Waals surface area contributed by atoms with Crippen LogP contribution in [0.15, 0.2) is 22.7 Å². The van der Waals surface area contributed by atoms with Crippen molar-refractivity contribution in [2.24, 2.45) is 5.41 Å². The number of carboxylic acids is 1. The van der Waals surface area contributed by atoms with Gasteiger partial charge in [0.15, 0.2) is 0 Å². The molecule has 1 fully saturated rings. The molecule has 0 radical (unpaired) electrons. The monoisotopic (exact) mass is 340 g/mol. The Kier molecular flexibility index (Phi) is 4.32. The molecule has 5 nitrogen and oxygen atoms in total. The maximum Gasteiger partial charge on any atom is 0.337 e. The number of anilines is 1. The highest BCUT2D eigenvalue weighted by molar-refractivity contribution is 9.10. The van der Waals surface area contributed by atoms with Gasteiger partial charge in [-0.1, -0.05) is 19.4 Å². The Hall–Kier alpha value is -1.56. The minimum absolute atomic E-state index is 0.0596. The van der Waals surface area contributed by atoms with Crippen molar-refractivity contribution in [2.75, 3.05) is 11.9 Å². The van der Waals surface area contributed by atoms with E-state index in [-0.39, 0.29) is 22.7 Å². The predicted molar refractivity (Wildman–Crippen MR) is 80.1 cm³/mol. The Bertz CT molecular complexity index is 541. The van der Waals surface area contributed by atoms with Crippen molar-refractivity contribution < 1.29 is 14.7 Å². The number of para-hydroxylation sites is 1. The number of urea groups is 1. The average molecular weight is 341 g/mol. The number of hydrogen-bond acceptors (Lipinski definition) is 2. The summed E-state index contributed by atoms with van der Waals surface area (Å²) in [6.45, 7) is 2.74. The largest absolute Gasteiger partial charge is 0.478 e. The van der Waals surface area contributed by atoms with E-state index in [1.807, 2.05) is 0 Å². The number of carboxylic acid groups (broad SMARTS) is 1. The average Bonchev–Trinajstić information content (AvgIpc) is 2.36. The van der Waals surface area contributed by atoms with E-state index < -0.39 is 5.97 Å². The SMILES string of the molecule is CC1(CNC(=O)Nc2c(Br)cccc2C(=O)O)CCC1. The number of halogens is 1. The lowest BCUT2D eigenvalue weighted by atomic mass is 9.70. The normalized spacial score (nSPS) is 16.1. The highest BCUT2D eigenvalue weighted by Crippen LogP contribution is 2.39. The lowest BCUT2D eigenvalue weighted by molar-refractivity contribution is 0.0698. The highest BCUT2D eigenvalue weighted by Gasteiger charge is 2.31. The van der Waals surface area contributed by atoms with E-state index in [0.717, 1.165) is 12.8 Å². The van der Waals surface area contributed by atoms with Gasteiger partial charge in [0.2, 0.25) is 0 Å². The molecule has 1 aromatic carbocycles. The molecule has 0 aliphatic heterocycles. The molecule has 0 aromatic heterocycles. The minimum atomic E-state index is -1.08. The summed E-state index contributed by atoms with van der Waals surface area (Å²) in [6.07, 6.45) is 3.43. The molecule has 20 heavy (non-hydrogen) atoms. The summed E-state index contributed by atoms with van der Waals surface area (Å²) < 4.78 is 0.544. The molecule has 0 spiro atoms. The molecule has 1 saturated carbocycles. The van der Waals surface area contributed by atoms with Crippen LogP contribution in [-0.2, 0) is 0 Å². The molecule has 1 aliphatic carbocycles. The fourth-order valence-corrected chi connectivity index (χ4v) is 2.70. The molecule has 0 unspecified atom stereocenters. The van der Waals surface area contributed by atoms with Gasteiger partial charge in [0, 0.05) is 11.0 Å². The predicted octanol–water partition coefficient (Wildman–Crippen LogP) is 3.46. The van der Waals surface area contributed by atoms with E-state index in [4.69, 9.17) is 5.11 Å². The van der Waals surface area contributed by atoms with E-state index in [2.05, 4.69) is 33.5 Å². The van der Waals surface area contributed by atoms with Gasteiger partial charge in [0.05, 0.1) is 11.3 Å². The summed E-state index contributed by atoms with van der Waals surface area (Å²) >= 11 is 3.25. The molecule has 2 rings (SSSR count). The molecule has 0 heterocycles. The highest BCUT2D eigenvalue weighted by atomic mass is 79.9. The number of hydrogen-bond donors (Lipinski definition) is 3. The maximum atomic E-state index is 11.9. The third-order valence-corrected chi connectivity index (χ3v) is 4.38. The number of carbonyl (C=O) groups is 2. The van der Waals surface area contributed by atoms with Crippen LogP contribution in [0.3, 0.4) is 0 Å². The number of nitrogens with one attached hydrogen (secondary N) is 2. The molecular weight excluding hydrogens is 324 g/mol. The van der Waals surface area contributed by atoms with E-state index in [9.17, 15) is 9.59 Å². The van der Waals surface area contributed by atoms with Crippen LogP contribution in [0.5, 0.6) is 0 Å². The van der Waals surface area contributed by atoms with Gasteiger partial charge >= 0.3 is 12.0 Å². The smallest absolute Gasteiger partial charge is 0.337 e. The van der Waals surface area contributed by atoms with Crippen molar-refractivity contribution in [3.63, 3.8) is 0 Å². The van der Waals surface area contributed by atoms with Crippen LogP contribution in [-0.4, -0.2) is 23.7 Å². The van der Waals surface area contributed by atoms with Crippen molar-refractivity contribution >= 4 is 33.6 Å². The second kappa shape index (κ2) is 5.83. The summed E-state index contributed by atoms with van der Waals surface area (Å²) in [6, 6.07) is 4.38. The summed E-state index contributed by atoms with van der Waals surface area (Å²) in [5, 5.41) is 14.5. The van der Waals surface area contributed by atoms with Crippen molar-refractivity contribution in [1.29, 1.82) is 0 Å². The third-order valence-electron chi connectivity index (χ3n) is 3.72. The first-order valence-electron chi connectivity index (χ1n) is 6.48. The Balaban J connectivity index is 2.02. The fourth-order valence-electron chi connectivity index (χ4n) is 2.24. The summed E-state index contributed by atoms with van der Waals surface area (Å²) in [5.41, 5.74) is 0.515. The van der Waals surface area contributed by atoms with Gasteiger partial charge < -0.3 is 15.7 Å².